The molecule has 0 spiro atoms. The number of aryl methyl sites for hydroxylation is 1. The number of piperazine rings is 1. The van der Waals surface area contributed by atoms with E-state index in [4.69, 9.17) is 10.5 Å². The Kier molecular flexibility index (Phi) is 7.03. The van der Waals surface area contributed by atoms with Gasteiger partial charge in [-0.15, -0.1) is 0 Å². The second-order valence-corrected chi connectivity index (χ2v) is 6.98. The van der Waals surface area contributed by atoms with Crippen molar-refractivity contribution in [2.75, 3.05) is 26.2 Å². The van der Waals surface area contributed by atoms with Crippen LogP contribution >= 0.6 is 0 Å². The van der Waals surface area contributed by atoms with Gasteiger partial charge in [0, 0.05) is 26.2 Å². The first-order valence-electron chi connectivity index (χ1n) is 9.67. The number of amides is 2. The quantitative estimate of drug-likeness (QED) is 0.834. The first-order chi connectivity index (χ1) is 13.6. The van der Waals surface area contributed by atoms with Crippen LogP contribution in [0.3, 0.4) is 0 Å². The van der Waals surface area contributed by atoms with Crippen molar-refractivity contribution in [1.29, 1.82) is 0 Å². The van der Waals surface area contributed by atoms with Crippen molar-refractivity contribution in [1.82, 2.24) is 9.80 Å². The van der Waals surface area contributed by atoms with E-state index in [0.29, 0.717) is 32.6 Å². The van der Waals surface area contributed by atoms with Gasteiger partial charge in [0.2, 0.25) is 5.91 Å². The molecule has 0 bridgehead atoms. The first-order valence-corrected chi connectivity index (χ1v) is 9.67. The van der Waals surface area contributed by atoms with E-state index in [9.17, 15) is 9.59 Å². The molecule has 0 unspecified atom stereocenters. The summed E-state index contributed by atoms with van der Waals surface area (Å²) in [6.07, 6.45) is 1.05. The summed E-state index contributed by atoms with van der Waals surface area (Å²) >= 11 is 0. The predicted molar refractivity (Wildman–Crippen MR) is 108 cm³/mol. The topological polar surface area (TPSA) is 75.9 Å². The molecule has 2 N–H and O–H groups in total. The third-order valence-corrected chi connectivity index (χ3v) is 4.96. The summed E-state index contributed by atoms with van der Waals surface area (Å²) in [5.41, 5.74) is 8.24. The Morgan fingerprint density at radius 3 is 2.00 bits per heavy atom. The van der Waals surface area contributed by atoms with E-state index in [1.54, 1.807) is 9.80 Å². The highest BCUT2D eigenvalue weighted by Crippen LogP contribution is 2.10. The van der Waals surface area contributed by atoms with Crippen molar-refractivity contribution in [2.24, 2.45) is 5.73 Å². The molecule has 0 aromatic heterocycles. The van der Waals surface area contributed by atoms with Gasteiger partial charge in [0.15, 0.2) is 0 Å². The second-order valence-electron chi connectivity index (χ2n) is 6.98. The van der Waals surface area contributed by atoms with Crippen molar-refractivity contribution >= 4 is 12.0 Å². The number of ether oxygens (including phenoxy) is 1. The Hall–Kier alpha value is -2.86. The fourth-order valence-electron chi connectivity index (χ4n) is 3.24. The average Bonchev–Trinajstić information content (AvgIpc) is 2.77. The molecular weight excluding hydrogens is 354 g/mol. The molecule has 6 heteroatoms. The normalized spacial score (nSPS) is 15.2. The van der Waals surface area contributed by atoms with E-state index < -0.39 is 6.04 Å². The molecule has 0 saturated carbocycles. The number of carbonyl (C=O) groups excluding carboxylic acids is 2. The molecule has 1 heterocycles. The summed E-state index contributed by atoms with van der Waals surface area (Å²) in [6, 6.07) is 19.1. The minimum absolute atomic E-state index is 0.0479. The highest BCUT2D eigenvalue weighted by atomic mass is 16.6. The lowest BCUT2D eigenvalue weighted by molar-refractivity contribution is -0.134. The molecule has 3 rings (SSSR count). The number of hydrogen-bond donors (Lipinski definition) is 1. The molecule has 2 aromatic rings. The molecule has 1 aliphatic rings. The van der Waals surface area contributed by atoms with Crippen LogP contribution in [0.1, 0.15) is 17.5 Å². The Morgan fingerprint density at radius 1 is 0.857 bits per heavy atom. The molecular formula is C22H27N3O3. The van der Waals surface area contributed by atoms with E-state index in [1.165, 1.54) is 5.56 Å². The van der Waals surface area contributed by atoms with Gasteiger partial charge >= 0.3 is 6.09 Å². The van der Waals surface area contributed by atoms with Crippen LogP contribution < -0.4 is 5.73 Å². The molecule has 1 aliphatic heterocycles. The van der Waals surface area contributed by atoms with Crippen molar-refractivity contribution in [3.05, 3.63) is 71.8 Å². The first kappa shape index (κ1) is 19.9. The Balaban J connectivity index is 1.40. The van der Waals surface area contributed by atoms with E-state index in [0.717, 1.165) is 12.0 Å². The van der Waals surface area contributed by atoms with Crippen LogP contribution in [-0.4, -0.2) is 54.0 Å². The fourth-order valence-corrected chi connectivity index (χ4v) is 3.24. The number of nitrogens with zero attached hydrogens (tertiary/aromatic N) is 2. The minimum Gasteiger partial charge on any atom is -0.445 e. The molecule has 28 heavy (non-hydrogen) atoms. The van der Waals surface area contributed by atoms with Gasteiger partial charge in [-0.1, -0.05) is 60.7 Å². The molecule has 1 fully saturated rings. The number of hydrogen-bond acceptors (Lipinski definition) is 4. The molecule has 6 nitrogen and oxygen atoms in total. The zero-order valence-electron chi connectivity index (χ0n) is 16.0. The van der Waals surface area contributed by atoms with Crippen molar-refractivity contribution in [3.8, 4) is 0 Å². The maximum atomic E-state index is 12.6. The third-order valence-electron chi connectivity index (χ3n) is 4.96. The highest BCUT2D eigenvalue weighted by Gasteiger charge is 2.27. The third kappa shape index (κ3) is 5.57. The van der Waals surface area contributed by atoms with Crippen LogP contribution in [-0.2, 0) is 22.6 Å². The lowest BCUT2D eigenvalue weighted by Crippen LogP contribution is -2.54. The van der Waals surface area contributed by atoms with E-state index in [1.807, 2.05) is 60.7 Å². The fraction of sp³-hybridized carbons (Fsp3) is 0.364. The smallest absolute Gasteiger partial charge is 0.410 e. The predicted octanol–water partition coefficient (Wildman–Crippen LogP) is 2.43. The van der Waals surface area contributed by atoms with Gasteiger partial charge in [-0.3, -0.25) is 4.79 Å². The zero-order chi connectivity index (χ0) is 19.8. The van der Waals surface area contributed by atoms with Crippen molar-refractivity contribution < 1.29 is 14.3 Å². The molecule has 1 atom stereocenters. The van der Waals surface area contributed by atoms with Gasteiger partial charge in [-0.25, -0.2) is 4.79 Å². The number of nitrogens with two attached hydrogens (primary N) is 1. The van der Waals surface area contributed by atoms with Gasteiger partial charge < -0.3 is 20.3 Å². The standard InChI is InChI=1S/C22H27N3O3/c23-20(12-11-18-7-3-1-4-8-18)21(26)24-13-15-25(16-14-24)22(27)28-17-19-9-5-2-6-10-19/h1-10,20H,11-17,23H2/t20-/m1/s1. The number of benzene rings is 2. The molecule has 148 valence electrons. The average molecular weight is 381 g/mol. The van der Waals surface area contributed by atoms with E-state index in [-0.39, 0.29) is 18.6 Å². The molecule has 2 aromatic carbocycles. The van der Waals surface area contributed by atoms with Crippen molar-refractivity contribution in [3.63, 3.8) is 0 Å². The monoisotopic (exact) mass is 381 g/mol. The van der Waals surface area contributed by atoms with Gasteiger partial charge in [0.1, 0.15) is 6.61 Å². The van der Waals surface area contributed by atoms with Crippen LogP contribution in [0.2, 0.25) is 0 Å². The lowest BCUT2D eigenvalue weighted by Gasteiger charge is -2.35. The van der Waals surface area contributed by atoms with Crippen LogP contribution in [0, 0.1) is 0 Å². The minimum atomic E-state index is -0.517. The number of carbonyl (C=O) groups is 2. The summed E-state index contributed by atoms with van der Waals surface area (Å²) in [6.45, 7) is 2.15. The van der Waals surface area contributed by atoms with Gasteiger partial charge in [-0.2, -0.15) is 0 Å². The summed E-state index contributed by atoms with van der Waals surface area (Å²) in [4.78, 5) is 28.2. The molecule has 0 aliphatic carbocycles. The molecule has 1 saturated heterocycles. The summed E-state index contributed by atoms with van der Waals surface area (Å²) in [7, 11) is 0. The van der Waals surface area contributed by atoms with E-state index in [2.05, 4.69) is 0 Å². The van der Waals surface area contributed by atoms with Gasteiger partial charge in [0.05, 0.1) is 6.04 Å². The zero-order valence-corrected chi connectivity index (χ0v) is 16.0. The molecule has 0 radical (unpaired) electrons. The van der Waals surface area contributed by atoms with Crippen molar-refractivity contribution in [2.45, 2.75) is 25.5 Å². The summed E-state index contributed by atoms with van der Waals surface area (Å²) in [5.74, 6) is -0.0479. The van der Waals surface area contributed by atoms with E-state index >= 15 is 0 Å². The second kappa shape index (κ2) is 9.90. The van der Waals surface area contributed by atoms with Crippen LogP contribution in [0.15, 0.2) is 60.7 Å². The van der Waals surface area contributed by atoms with Crippen LogP contribution in [0.25, 0.3) is 0 Å². The van der Waals surface area contributed by atoms with Gasteiger partial charge in [0.25, 0.3) is 0 Å². The summed E-state index contributed by atoms with van der Waals surface area (Å²) < 4.78 is 5.36. The van der Waals surface area contributed by atoms with Gasteiger partial charge in [-0.05, 0) is 24.0 Å². The molecule has 2 amide bonds. The Morgan fingerprint density at radius 2 is 1.39 bits per heavy atom. The SMILES string of the molecule is N[C@H](CCc1ccccc1)C(=O)N1CCN(C(=O)OCc2ccccc2)CC1. The highest BCUT2D eigenvalue weighted by molar-refractivity contribution is 5.82. The maximum absolute atomic E-state index is 12.6. The summed E-state index contributed by atoms with van der Waals surface area (Å²) in [5, 5.41) is 0. The maximum Gasteiger partial charge on any atom is 0.410 e. The Bertz CT molecular complexity index is 759. The number of rotatable bonds is 6. The Labute approximate surface area is 165 Å². The largest absolute Gasteiger partial charge is 0.445 e. The lowest BCUT2D eigenvalue weighted by atomic mass is 10.0. The van der Waals surface area contributed by atoms with Crippen LogP contribution in [0.4, 0.5) is 4.79 Å². The van der Waals surface area contributed by atoms with Crippen LogP contribution in [0.5, 0.6) is 0 Å².